The van der Waals surface area contributed by atoms with Crippen LogP contribution in [0.2, 0.25) is 0 Å². The second-order valence-corrected chi connectivity index (χ2v) is 11.9. The molecule has 1 saturated carbocycles. The van der Waals surface area contributed by atoms with Crippen LogP contribution in [-0.4, -0.2) is 41.2 Å². The van der Waals surface area contributed by atoms with Gasteiger partial charge in [0.25, 0.3) is 7.19 Å². The van der Waals surface area contributed by atoms with Crippen LogP contribution in [0.25, 0.3) is 11.0 Å². The Morgan fingerprint density at radius 3 is 2.70 bits per heavy atom. The number of ketones is 1. The zero-order chi connectivity index (χ0) is 21.3. The summed E-state index contributed by atoms with van der Waals surface area (Å²) in [6, 6.07) is 6.86. The lowest BCUT2D eigenvalue weighted by Crippen LogP contribution is -2.33. The van der Waals surface area contributed by atoms with Crippen LogP contribution in [0, 0.1) is 0 Å². The Morgan fingerprint density at radius 2 is 1.97 bits per heavy atom. The zero-order valence-corrected chi connectivity index (χ0v) is 18.9. The van der Waals surface area contributed by atoms with Crippen molar-refractivity contribution in [2.45, 2.75) is 37.8 Å². The number of benzene rings is 1. The van der Waals surface area contributed by atoms with Gasteiger partial charge in [-0.2, -0.15) is 8.42 Å². The van der Waals surface area contributed by atoms with Crippen molar-refractivity contribution in [3.63, 3.8) is 0 Å². The third-order valence-corrected chi connectivity index (χ3v) is 6.33. The summed E-state index contributed by atoms with van der Waals surface area (Å²) in [6.45, 7) is 0. The summed E-state index contributed by atoms with van der Waals surface area (Å²) in [5.74, 6) is 0.355. The van der Waals surface area contributed by atoms with Crippen LogP contribution in [0.5, 0.6) is 0 Å². The van der Waals surface area contributed by atoms with Gasteiger partial charge < -0.3 is 16.0 Å². The Labute approximate surface area is 185 Å². The van der Waals surface area contributed by atoms with Gasteiger partial charge in [-0.3, -0.25) is 9.52 Å². The SMILES string of the molecule is N[C@H]1CC[C@@H](Nc2ncnc3[nH]cc(C(=O)c4cccc(NS(=O)(=O)I)c4)c23)CC1. The Morgan fingerprint density at radius 1 is 1.20 bits per heavy atom. The number of nitrogens with zero attached hydrogens (tertiary/aromatic N) is 2. The van der Waals surface area contributed by atoms with E-state index in [1.807, 2.05) is 0 Å². The van der Waals surface area contributed by atoms with Crippen LogP contribution >= 0.6 is 21.2 Å². The van der Waals surface area contributed by atoms with E-state index in [2.05, 4.69) is 25.0 Å². The Balaban J connectivity index is 1.66. The minimum atomic E-state index is -3.47. The fraction of sp³-hybridized carbons (Fsp3) is 0.316. The van der Waals surface area contributed by atoms with E-state index in [0.29, 0.717) is 33.7 Å². The number of anilines is 2. The van der Waals surface area contributed by atoms with Crippen LogP contribution < -0.4 is 15.8 Å². The number of nitrogens with one attached hydrogen (secondary N) is 3. The highest BCUT2D eigenvalue weighted by Crippen LogP contribution is 2.29. The van der Waals surface area contributed by atoms with Crippen molar-refractivity contribution in [3.05, 3.63) is 47.9 Å². The van der Waals surface area contributed by atoms with E-state index in [0.717, 1.165) is 25.7 Å². The maximum absolute atomic E-state index is 13.2. The normalized spacial score (nSPS) is 19.5. The van der Waals surface area contributed by atoms with Crippen molar-refractivity contribution in [2.24, 2.45) is 5.73 Å². The lowest BCUT2D eigenvalue weighted by Gasteiger charge is -2.27. The molecule has 1 fully saturated rings. The molecule has 1 aliphatic carbocycles. The average molecular weight is 540 g/mol. The summed E-state index contributed by atoms with van der Waals surface area (Å²) in [5, 5.41) is 4.07. The number of nitrogens with two attached hydrogens (primary N) is 1. The van der Waals surface area contributed by atoms with E-state index >= 15 is 0 Å². The van der Waals surface area contributed by atoms with Gasteiger partial charge in [-0.1, -0.05) is 12.1 Å². The first-order valence-electron chi connectivity index (χ1n) is 9.51. The number of aromatic amines is 1. The number of aromatic nitrogens is 3. The predicted octanol–water partition coefficient (Wildman–Crippen LogP) is 2.96. The lowest BCUT2D eigenvalue weighted by atomic mass is 9.92. The van der Waals surface area contributed by atoms with E-state index < -0.39 is 7.19 Å². The molecule has 1 aromatic carbocycles. The fourth-order valence-corrected chi connectivity index (χ4v) is 4.90. The van der Waals surface area contributed by atoms with Crippen LogP contribution in [0.3, 0.4) is 0 Å². The molecule has 5 N–H and O–H groups in total. The monoisotopic (exact) mass is 540 g/mol. The summed E-state index contributed by atoms with van der Waals surface area (Å²) >= 11 is 1.30. The molecule has 0 saturated heterocycles. The minimum Gasteiger partial charge on any atom is -0.367 e. The second-order valence-electron chi connectivity index (χ2n) is 7.35. The van der Waals surface area contributed by atoms with Gasteiger partial charge in [0.15, 0.2) is 5.78 Å². The second kappa shape index (κ2) is 8.47. The number of halogens is 1. The molecular weight excluding hydrogens is 519 g/mol. The van der Waals surface area contributed by atoms with Crippen LogP contribution in [0.15, 0.2) is 36.8 Å². The number of rotatable bonds is 6. The first-order valence-corrected chi connectivity index (χ1v) is 13.5. The predicted molar refractivity (Wildman–Crippen MR) is 124 cm³/mol. The van der Waals surface area contributed by atoms with E-state index in [1.165, 1.54) is 33.6 Å². The average Bonchev–Trinajstić information content (AvgIpc) is 3.13. The van der Waals surface area contributed by atoms with Crippen LogP contribution in [-0.2, 0) is 7.19 Å². The number of H-pyrrole nitrogens is 1. The van der Waals surface area contributed by atoms with Gasteiger partial charge in [-0.25, -0.2) is 9.97 Å². The van der Waals surface area contributed by atoms with E-state index in [-0.39, 0.29) is 17.9 Å². The molecule has 2 heterocycles. The molecule has 0 radical (unpaired) electrons. The number of fused-ring (bicyclic) bond motifs is 1. The topological polar surface area (TPSA) is 143 Å². The number of carbonyl (C=O) groups excluding carboxylic acids is 1. The van der Waals surface area contributed by atoms with Crippen LogP contribution in [0.1, 0.15) is 41.6 Å². The smallest absolute Gasteiger partial charge is 0.286 e. The Kier molecular flexibility index (Phi) is 5.93. The maximum Gasteiger partial charge on any atom is 0.286 e. The molecule has 0 atom stereocenters. The molecule has 30 heavy (non-hydrogen) atoms. The lowest BCUT2D eigenvalue weighted by molar-refractivity contribution is 0.104. The van der Waals surface area contributed by atoms with Crippen molar-refractivity contribution in [3.8, 4) is 0 Å². The first kappa shape index (κ1) is 21.0. The molecular formula is C19H21IN6O3S. The summed E-state index contributed by atoms with van der Waals surface area (Å²) < 4.78 is 25.4. The van der Waals surface area contributed by atoms with Crippen molar-refractivity contribution < 1.29 is 13.2 Å². The number of carbonyl (C=O) groups is 1. The molecule has 0 amide bonds. The molecule has 11 heteroatoms. The summed E-state index contributed by atoms with van der Waals surface area (Å²) in [5.41, 5.74) is 7.67. The molecule has 9 nitrogen and oxygen atoms in total. The standard InChI is InChI=1S/C19H21IN6O3S/c20-30(28,29)26-14-3-1-2-11(8-14)17(27)15-9-22-18-16(15)19(24-10-23-18)25-13-6-4-12(21)5-7-13/h1-3,8-10,12-13,26H,4-7,21H2,(H2,22,23,24,25)/t12-,13+. The van der Waals surface area contributed by atoms with Crippen molar-refractivity contribution in [2.75, 3.05) is 10.0 Å². The third kappa shape index (κ3) is 4.73. The highest BCUT2D eigenvalue weighted by Gasteiger charge is 2.23. The highest BCUT2D eigenvalue weighted by atomic mass is 127. The molecule has 0 bridgehead atoms. The zero-order valence-electron chi connectivity index (χ0n) is 15.9. The van der Waals surface area contributed by atoms with E-state index in [9.17, 15) is 13.2 Å². The molecule has 4 rings (SSSR count). The molecule has 2 aromatic heterocycles. The molecule has 0 aliphatic heterocycles. The van der Waals surface area contributed by atoms with Gasteiger partial charge >= 0.3 is 0 Å². The van der Waals surface area contributed by atoms with E-state index in [4.69, 9.17) is 5.73 Å². The van der Waals surface area contributed by atoms with Crippen molar-refractivity contribution in [1.82, 2.24) is 15.0 Å². The largest absolute Gasteiger partial charge is 0.367 e. The summed E-state index contributed by atoms with van der Waals surface area (Å²) in [7, 11) is -3.47. The van der Waals surface area contributed by atoms with Gasteiger partial charge in [0.1, 0.15) is 17.8 Å². The Bertz CT molecular complexity index is 1190. The molecule has 3 aromatic rings. The fourth-order valence-electron chi connectivity index (χ4n) is 3.73. The molecule has 0 spiro atoms. The van der Waals surface area contributed by atoms with Gasteiger partial charge in [0.2, 0.25) is 0 Å². The minimum absolute atomic E-state index is 0.238. The summed E-state index contributed by atoms with van der Waals surface area (Å²) in [6.07, 6.45) is 6.85. The quantitative estimate of drug-likeness (QED) is 0.214. The molecule has 1 aliphatic rings. The number of hydrogen-bond donors (Lipinski definition) is 4. The number of hydrogen-bond acceptors (Lipinski definition) is 7. The van der Waals surface area contributed by atoms with Crippen molar-refractivity contribution >= 4 is 56.7 Å². The van der Waals surface area contributed by atoms with Crippen molar-refractivity contribution in [1.29, 1.82) is 0 Å². The van der Waals surface area contributed by atoms with Gasteiger partial charge in [-0.05, 0) is 37.8 Å². The molecule has 0 unspecified atom stereocenters. The van der Waals surface area contributed by atoms with Gasteiger partial charge in [0.05, 0.1) is 32.2 Å². The molecule has 158 valence electrons. The van der Waals surface area contributed by atoms with E-state index in [1.54, 1.807) is 24.4 Å². The van der Waals surface area contributed by atoms with Gasteiger partial charge in [-0.15, -0.1) is 0 Å². The highest BCUT2D eigenvalue weighted by molar-refractivity contribution is 14.2. The summed E-state index contributed by atoms with van der Waals surface area (Å²) in [4.78, 5) is 24.9. The van der Waals surface area contributed by atoms with Gasteiger partial charge in [0, 0.05) is 29.5 Å². The Hall–Kier alpha value is -2.25. The maximum atomic E-state index is 13.2. The third-order valence-electron chi connectivity index (χ3n) is 5.19. The van der Waals surface area contributed by atoms with Crippen LogP contribution in [0.4, 0.5) is 11.5 Å². The first-order chi connectivity index (χ1) is 14.3.